The van der Waals surface area contributed by atoms with Crippen LogP contribution >= 0.6 is 0 Å². The standard InChI is InChI=1S/C16H25NO2/c1-10-8-11-12-4-2-6-17-7-3-5-13(15(19)14(11)18)16(12,17)9-10/h10-14,18H,2-9H2,1H3/t10-,11+,12-,13-,14-,16+/m1/s1. The van der Waals surface area contributed by atoms with Crippen LogP contribution in [-0.2, 0) is 4.79 Å². The SMILES string of the molecule is C[C@@H]1C[C@H]2[C@H]3CCCN4CCC[C@H](C(=O)[C@@H]2O)[C@]34C1. The Bertz CT molecular complexity index is 408. The molecule has 2 heterocycles. The zero-order valence-electron chi connectivity index (χ0n) is 11.8. The molecule has 3 heteroatoms. The zero-order chi connectivity index (χ0) is 13.2. The average molecular weight is 263 g/mol. The minimum Gasteiger partial charge on any atom is -0.385 e. The molecule has 2 saturated heterocycles. The van der Waals surface area contributed by atoms with Crippen molar-refractivity contribution in [3.05, 3.63) is 0 Å². The molecule has 0 radical (unpaired) electrons. The van der Waals surface area contributed by atoms with Gasteiger partial charge in [0.05, 0.1) is 0 Å². The molecule has 2 aliphatic heterocycles. The van der Waals surface area contributed by atoms with E-state index in [0.717, 1.165) is 19.3 Å². The zero-order valence-corrected chi connectivity index (χ0v) is 11.8. The fraction of sp³-hybridized carbons (Fsp3) is 0.938. The summed E-state index contributed by atoms with van der Waals surface area (Å²) in [4.78, 5) is 15.3. The summed E-state index contributed by atoms with van der Waals surface area (Å²) in [5, 5.41) is 10.5. The van der Waals surface area contributed by atoms with Crippen LogP contribution in [0.1, 0.15) is 45.4 Å². The van der Waals surface area contributed by atoms with Gasteiger partial charge >= 0.3 is 0 Å². The number of ketones is 1. The second kappa shape index (κ2) is 4.05. The Hall–Kier alpha value is -0.410. The number of piperidine rings is 2. The number of aliphatic hydroxyl groups excluding tert-OH is 1. The molecule has 0 amide bonds. The highest BCUT2D eigenvalue weighted by atomic mass is 16.3. The van der Waals surface area contributed by atoms with Crippen molar-refractivity contribution in [2.24, 2.45) is 23.7 Å². The van der Waals surface area contributed by atoms with Crippen molar-refractivity contribution in [1.29, 1.82) is 0 Å². The first-order chi connectivity index (χ1) is 9.14. The molecule has 2 aliphatic carbocycles. The fourth-order valence-electron chi connectivity index (χ4n) is 6.16. The summed E-state index contributed by atoms with van der Waals surface area (Å²) < 4.78 is 0. The number of hydrogen-bond donors (Lipinski definition) is 1. The normalized spacial score (nSPS) is 53.8. The maximum atomic E-state index is 12.6. The highest BCUT2D eigenvalue weighted by Crippen LogP contribution is 2.59. The molecule has 0 aromatic rings. The number of hydrogen-bond acceptors (Lipinski definition) is 3. The van der Waals surface area contributed by atoms with Crippen LogP contribution in [0.25, 0.3) is 0 Å². The van der Waals surface area contributed by atoms with Crippen molar-refractivity contribution in [3.63, 3.8) is 0 Å². The fourth-order valence-corrected chi connectivity index (χ4v) is 6.16. The van der Waals surface area contributed by atoms with Gasteiger partial charge in [-0.05, 0) is 69.4 Å². The summed E-state index contributed by atoms with van der Waals surface area (Å²) in [7, 11) is 0. The molecule has 106 valence electrons. The summed E-state index contributed by atoms with van der Waals surface area (Å²) in [6.45, 7) is 4.67. The molecule has 3 nitrogen and oxygen atoms in total. The monoisotopic (exact) mass is 263 g/mol. The van der Waals surface area contributed by atoms with Crippen molar-refractivity contribution in [1.82, 2.24) is 4.90 Å². The Kier molecular flexibility index (Phi) is 2.63. The molecule has 19 heavy (non-hydrogen) atoms. The van der Waals surface area contributed by atoms with Gasteiger partial charge in [0.15, 0.2) is 5.78 Å². The maximum absolute atomic E-state index is 12.6. The Morgan fingerprint density at radius 3 is 2.79 bits per heavy atom. The van der Waals surface area contributed by atoms with Crippen molar-refractivity contribution in [2.75, 3.05) is 13.1 Å². The van der Waals surface area contributed by atoms with Gasteiger partial charge in [0.25, 0.3) is 0 Å². The summed E-state index contributed by atoms with van der Waals surface area (Å²) in [5.41, 5.74) is 0.134. The van der Waals surface area contributed by atoms with Crippen molar-refractivity contribution >= 4 is 5.78 Å². The molecular formula is C16H25NO2. The van der Waals surface area contributed by atoms with Crippen LogP contribution in [-0.4, -0.2) is 40.5 Å². The maximum Gasteiger partial charge on any atom is 0.166 e. The lowest BCUT2D eigenvalue weighted by Crippen LogP contribution is -2.74. The molecule has 4 aliphatic rings. The van der Waals surface area contributed by atoms with Crippen LogP contribution in [0.4, 0.5) is 0 Å². The van der Waals surface area contributed by atoms with E-state index < -0.39 is 6.10 Å². The van der Waals surface area contributed by atoms with Gasteiger partial charge in [0, 0.05) is 11.5 Å². The quantitative estimate of drug-likeness (QED) is 0.725. The Morgan fingerprint density at radius 1 is 1.26 bits per heavy atom. The van der Waals surface area contributed by atoms with E-state index in [1.165, 1.54) is 32.4 Å². The Labute approximate surface area is 115 Å². The molecule has 0 unspecified atom stereocenters. The van der Waals surface area contributed by atoms with E-state index in [-0.39, 0.29) is 23.2 Å². The molecule has 4 rings (SSSR count). The number of Topliss-reactive ketones (excluding diaryl/α,β-unsaturated/α-hetero) is 1. The van der Waals surface area contributed by atoms with Gasteiger partial charge in [-0.1, -0.05) is 6.92 Å². The summed E-state index contributed by atoms with van der Waals surface area (Å²) in [5.74, 6) is 1.79. The minimum atomic E-state index is -0.663. The van der Waals surface area contributed by atoms with Crippen LogP contribution < -0.4 is 0 Å². The van der Waals surface area contributed by atoms with E-state index in [1.807, 2.05) is 0 Å². The summed E-state index contributed by atoms with van der Waals surface area (Å²) in [6.07, 6.45) is 6.22. The average Bonchev–Trinajstić information content (AvgIpc) is 2.40. The second-order valence-corrected chi connectivity index (χ2v) is 7.48. The largest absolute Gasteiger partial charge is 0.385 e. The lowest BCUT2D eigenvalue weighted by atomic mass is 9.48. The molecular weight excluding hydrogens is 238 g/mol. The smallest absolute Gasteiger partial charge is 0.166 e. The predicted molar refractivity (Wildman–Crippen MR) is 72.7 cm³/mol. The lowest BCUT2D eigenvalue weighted by molar-refractivity contribution is -0.193. The first kappa shape index (κ1) is 12.3. The van der Waals surface area contributed by atoms with Gasteiger partial charge in [-0.15, -0.1) is 0 Å². The molecule has 0 aromatic carbocycles. The summed E-state index contributed by atoms with van der Waals surface area (Å²) >= 11 is 0. The molecule has 1 spiro atoms. The first-order valence-corrected chi connectivity index (χ1v) is 8.11. The van der Waals surface area contributed by atoms with Crippen LogP contribution in [0.5, 0.6) is 0 Å². The molecule has 4 fully saturated rings. The minimum absolute atomic E-state index is 0.126. The molecule has 1 N–H and O–H groups in total. The predicted octanol–water partition coefficient (Wildman–Crippen LogP) is 1.84. The first-order valence-electron chi connectivity index (χ1n) is 8.11. The number of carbonyl (C=O) groups is 1. The number of rotatable bonds is 0. The van der Waals surface area contributed by atoms with Gasteiger partial charge < -0.3 is 5.11 Å². The third-order valence-electron chi connectivity index (χ3n) is 6.61. The van der Waals surface area contributed by atoms with Crippen molar-refractivity contribution in [2.45, 2.75) is 57.1 Å². The lowest BCUT2D eigenvalue weighted by Gasteiger charge is -2.66. The topological polar surface area (TPSA) is 40.5 Å². The van der Waals surface area contributed by atoms with Crippen LogP contribution in [0.15, 0.2) is 0 Å². The van der Waals surface area contributed by atoms with Gasteiger partial charge in [0.2, 0.25) is 0 Å². The molecule has 6 atom stereocenters. The van der Waals surface area contributed by atoms with E-state index in [2.05, 4.69) is 11.8 Å². The van der Waals surface area contributed by atoms with Crippen LogP contribution in [0, 0.1) is 23.7 Å². The van der Waals surface area contributed by atoms with Gasteiger partial charge in [-0.2, -0.15) is 0 Å². The van der Waals surface area contributed by atoms with Crippen LogP contribution in [0.2, 0.25) is 0 Å². The van der Waals surface area contributed by atoms with Gasteiger partial charge in [-0.3, -0.25) is 9.69 Å². The second-order valence-electron chi connectivity index (χ2n) is 7.48. The summed E-state index contributed by atoms with van der Waals surface area (Å²) in [6, 6.07) is 0. The Morgan fingerprint density at radius 2 is 2.00 bits per heavy atom. The van der Waals surface area contributed by atoms with Crippen molar-refractivity contribution < 1.29 is 9.90 Å². The van der Waals surface area contributed by atoms with Crippen LogP contribution in [0.3, 0.4) is 0 Å². The van der Waals surface area contributed by atoms with E-state index >= 15 is 0 Å². The van der Waals surface area contributed by atoms with Crippen molar-refractivity contribution in [3.8, 4) is 0 Å². The third kappa shape index (κ3) is 1.43. The van der Waals surface area contributed by atoms with E-state index in [4.69, 9.17) is 0 Å². The number of aliphatic hydroxyl groups is 1. The molecule has 2 saturated carbocycles. The van der Waals surface area contributed by atoms with E-state index in [1.54, 1.807) is 0 Å². The molecule has 0 aromatic heterocycles. The van der Waals surface area contributed by atoms with Gasteiger partial charge in [-0.25, -0.2) is 0 Å². The highest BCUT2D eigenvalue weighted by Gasteiger charge is 2.64. The molecule has 2 bridgehead atoms. The van der Waals surface area contributed by atoms with E-state index in [9.17, 15) is 9.90 Å². The van der Waals surface area contributed by atoms with E-state index in [0.29, 0.717) is 11.8 Å². The highest BCUT2D eigenvalue weighted by molar-refractivity contribution is 5.88. The number of nitrogens with zero attached hydrogens (tertiary/aromatic N) is 1. The Balaban J connectivity index is 1.84. The third-order valence-corrected chi connectivity index (χ3v) is 6.61. The van der Waals surface area contributed by atoms with Gasteiger partial charge in [0.1, 0.15) is 6.10 Å². The number of carbonyl (C=O) groups excluding carboxylic acids is 1.